The van der Waals surface area contributed by atoms with Crippen LogP contribution in [0.25, 0.3) is 5.65 Å². The summed E-state index contributed by atoms with van der Waals surface area (Å²) in [6, 6.07) is 19.2. The fraction of sp³-hybridized carbons (Fsp3) is 0.100. The first-order chi connectivity index (χ1) is 13.3. The van der Waals surface area contributed by atoms with Crippen molar-refractivity contribution in [1.29, 1.82) is 0 Å². The Bertz CT molecular complexity index is 1060. The number of rotatable bonds is 6. The van der Waals surface area contributed by atoms with Gasteiger partial charge in [0.2, 0.25) is 0 Å². The van der Waals surface area contributed by atoms with Crippen molar-refractivity contribution in [2.24, 2.45) is 0 Å². The molecule has 3 aromatic heterocycles. The van der Waals surface area contributed by atoms with Crippen LogP contribution in [0.3, 0.4) is 0 Å². The van der Waals surface area contributed by atoms with Crippen molar-refractivity contribution in [1.82, 2.24) is 24.9 Å². The van der Waals surface area contributed by atoms with Gasteiger partial charge in [0.15, 0.2) is 5.65 Å². The average molecular weight is 375 g/mol. The highest BCUT2D eigenvalue weighted by Crippen LogP contribution is 2.28. The normalized spacial score (nSPS) is 10.8. The number of pyridine rings is 2. The van der Waals surface area contributed by atoms with E-state index in [0.717, 1.165) is 16.4 Å². The smallest absolute Gasteiger partial charge is 0.254 e. The van der Waals surface area contributed by atoms with Gasteiger partial charge in [-0.2, -0.15) is 0 Å². The second-order valence-corrected chi connectivity index (χ2v) is 6.88. The van der Waals surface area contributed by atoms with Crippen LogP contribution in [0.4, 0.5) is 0 Å². The van der Waals surface area contributed by atoms with E-state index in [1.165, 1.54) is 11.8 Å². The lowest BCUT2D eigenvalue weighted by Gasteiger charge is -2.09. The van der Waals surface area contributed by atoms with Crippen LogP contribution >= 0.6 is 11.8 Å². The van der Waals surface area contributed by atoms with Crippen LogP contribution in [0.15, 0.2) is 83.0 Å². The van der Waals surface area contributed by atoms with Crippen molar-refractivity contribution < 1.29 is 4.79 Å². The molecule has 0 saturated heterocycles. The summed E-state index contributed by atoms with van der Waals surface area (Å²) in [6.45, 7) is 0.471. The fourth-order valence-electron chi connectivity index (χ4n) is 2.69. The molecule has 0 atom stereocenters. The highest BCUT2D eigenvalue weighted by Gasteiger charge is 2.13. The number of aromatic nitrogens is 4. The minimum atomic E-state index is -0.143. The molecule has 1 N–H and O–H groups in total. The Labute approximate surface area is 160 Å². The Balaban J connectivity index is 1.43. The molecule has 1 amide bonds. The number of fused-ring (bicyclic) bond motifs is 1. The van der Waals surface area contributed by atoms with E-state index < -0.39 is 0 Å². The third kappa shape index (κ3) is 3.98. The Kier molecular flexibility index (Phi) is 5.11. The number of nitrogens with one attached hydrogen (secondary N) is 1. The third-order valence-electron chi connectivity index (χ3n) is 3.99. The molecule has 0 unspecified atom stereocenters. The number of hydrogen-bond acceptors (Lipinski definition) is 5. The van der Waals surface area contributed by atoms with Gasteiger partial charge in [0.1, 0.15) is 10.9 Å². The molecule has 0 fully saturated rings. The molecular weight excluding hydrogens is 358 g/mol. The molecule has 134 valence electrons. The summed E-state index contributed by atoms with van der Waals surface area (Å²) < 4.78 is 1.92. The lowest BCUT2D eigenvalue weighted by molar-refractivity contribution is 0.0950. The average Bonchev–Trinajstić information content (AvgIpc) is 3.12. The predicted molar refractivity (Wildman–Crippen MR) is 104 cm³/mol. The molecular formula is C20H17N5OS. The Morgan fingerprint density at radius 3 is 2.74 bits per heavy atom. The van der Waals surface area contributed by atoms with Gasteiger partial charge in [0.05, 0.1) is 5.56 Å². The van der Waals surface area contributed by atoms with Crippen LogP contribution in [0.5, 0.6) is 0 Å². The molecule has 6 nitrogen and oxygen atoms in total. The molecule has 3 heterocycles. The maximum Gasteiger partial charge on any atom is 0.254 e. The molecule has 27 heavy (non-hydrogen) atoms. The van der Waals surface area contributed by atoms with Crippen LogP contribution in [0, 0.1) is 0 Å². The number of benzene rings is 1. The first kappa shape index (κ1) is 17.2. The maximum absolute atomic E-state index is 12.6. The topological polar surface area (TPSA) is 72.2 Å². The van der Waals surface area contributed by atoms with Crippen molar-refractivity contribution in [3.63, 3.8) is 0 Å². The van der Waals surface area contributed by atoms with Gasteiger partial charge in [0, 0.05) is 30.3 Å². The Morgan fingerprint density at radius 2 is 1.85 bits per heavy atom. The van der Waals surface area contributed by atoms with E-state index in [9.17, 15) is 4.79 Å². The molecule has 0 aliphatic carbocycles. The summed E-state index contributed by atoms with van der Waals surface area (Å²) >= 11 is 1.48. The largest absolute Gasteiger partial charge is 0.352 e. The van der Waals surface area contributed by atoms with Crippen LogP contribution in [0.1, 0.15) is 16.2 Å². The van der Waals surface area contributed by atoms with Crippen LogP contribution in [-0.2, 0) is 6.42 Å². The van der Waals surface area contributed by atoms with Crippen molar-refractivity contribution in [2.75, 3.05) is 6.54 Å². The summed E-state index contributed by atoms with van der Waals surface area (Å²) in [4.78, 5) is 18.1. The van der Waals surface area contributed by atoms with E-state index in [1.54, 1.807) is 18.3 Å². The zero-order chi connectivity index (χ0) is 18.5. The SMILES string of the molecule is O=C(NCCc1nnc2ccccn12)c1cccnc1Sc1ccccc1. The number of amides is 1. The first-order valence-electron chi connectivity index (χ1n) is 8.56. The van der Waals surface area contributed by atoms with Crippen molar-refractivity contribution >= 4 is 23.3 Å². The van der Waals surface area contributed by atoms with E-state index in [4.69, 9.17) is 0 Å². The van der Waals surface area contributed by atoms with Gasteiger partial charge in [-0.15, -0.1) is 10.2 Å². The van der Waals surface area contributed by atoms with Crippen molar-refractivity contribution in [3.8, 4) is 0 Å². The van der Waals surface area contributed by atoms with E-state index >= 15 is 0 Å². The number of carbonyl (C=O) groups excluding carboxylic acids is 1. The van der Waals surface area contributed by atoms with Crippen molar-refractivity contribution in [2.45, 2.75) is 16.3 Å². The summed E-state index contributed by atoms with van der Waals surface area (Å²) in [6.07, 6.45) is 4.21. The minimum Gasteiger partial charge on any atom is -0.352 e. The highest BCUT2D eigenvalue weighted by atomic mass is 32.2. The van der Waals surface area contributed by atoms with Gasteiger partial charge in [-0.3, -0.25) is 9.20 Å². The van der Waals surface area contributed by atoms with Gasteiger partial charge >= 0.3 is 0 Å². The summed E-state index contributed by atoms with van der Waals surface area (Å²) in [5.74, 6) is 0.673. The lowest BCUT2D eigenvalue weighted by atomic mass is 10.2. The standard InChI is InChI=1S/C20H17N5OS/c26-19(21-13-11-18-24-23-17-10-4-5-14-25(17)18)16-9-6-12-22-20(16)27-15-7-2-1-3-8-15/h1-10,12,14H,11,13H2,(H,21,26). The van der Waals surface area contributed by atoms with Crippen LogP contribution in [-0.4, -0.2) is 32.0 Å². The first-order valence-corrected chi connectivity index (χ1v) is 9.38. The lowest BCUT2D eigenvalue weighted by Crippen LogP contribution is -2.26. The monoisotopic (exact) mass is 375 g/mol. The minimum absolute atomic E-state index is 0.143. The molecule has 7 heteroatoms. The zero-order valence-corrected chi connectivity index (χ0v) is 15.3. The van der Waals surface area contributed by atoms with Gasteiger partial charge in [0.25, 0.3) is 5.91 Å². The molecule has 4 rings (SSSR count). The van der Waals surface area contributed by atoms with Gasteiger partial charge in [-0.05, 0) is 36.4 Å². The molecule has 4 aromatic rings. The molecule has 0 spiro atoms. The molecule has 0 radical (unpaired) electrons. The second kappa shape index (κ2) is 8.01. The summed E-state index contributed by atoms with van der Waals surface area (Å²) in [7, 11) is 0. The number of nitrogens with zero attached hydrogens (tertiary/aromatic N) is 4. The third-order valence-corrected chi connectivity index (χ3v) is 5.02. The second-order valence-electron chi connectivity index (χ2n) is 5.82. The van der Waals surface area contributed by atoms with E-state index in [1.807, 2.05) is 59.1 Å². The molecule has 0 aliphatic rings. The van der Waals surface area contributed by atoms with Crippen LogP contribution in [0.2, 0.25) is 0 Å². The Morgan fingerprint density at radius 1 is 1.00 bits per heavy atom. The molecule has 1 aromatic carbocycles. The molecule has 0 bridgehead atoms. The quantitative estimate of drug-likeness (QED) is 0.560. The van der Waals surface area contributed by atoms with Gasteiger partial charge in [-0.25, -0.2) is 4.98 Å². The summed E-state index contributed by atoms with van der Waals surface area (Å²) in [5, 5.41) is 11.9. The van der Waals surface area contributed by atoms with Crippen molar-refractivity contribution in [3.05, 3.63) is 84.4 Å². The van der Waals surface area contributed by atoms with E-state index in [-0.39, 0.29) is 5.91 Å². The zero-order valence-electron chi connectivity index (χ0n) is 14.4. The predicted octanol–water partition coefficient (Wildman–Crippen LogP) is 3.25. The molecule has 0 aliphatic heterocycles. The van der Waals surface area contributed by atoms with E-state index in [2.05, 4.69) is 20.5 Å². The molecule has 0 saturated carbocycles. The summed E-state index contributed by atoms with van der Waals surface area (Å²) in [5.41, 5.74) is 1.37. The number of carbonyl (C=O) groups is 1. The highest BCUT2D eigenvalue weighted by molar-refractivity contribution is 7.99. The fourth-order valence-corrected chi connectivity index (χ4v) is 3.59. The number of hydrogen-bond donors (Lipinski definition) is 1. The Hall–Kier alpha value is -3.19. The van der Waals surface area contributed by atoms with Gasteiger partial charge < -0.3 is 5.32 Å². The van der Waals surface area contributed by atoms with Gasteiger partial charge in [-0.1, -0.05) is 36.0 Å². The van der Waals surface area contributed by atoms with Crippen LogP contribution < -0.4 is 5.32 Å². The van der Waals surface area contributed by atoms with E-state index in [0.29, 0.717) is 23.6 Å². The maximum atomic E-state index is 12.6.